The van der Waals surface area contributed by atoms with Crippen LogP contribution in [0.25, 0.3) is 0 Å². The summed E-state index contributed by atoms with van der Waals surface area (Å²) >= 11 is 2.96. The van der Waals surface area contributed by atoms with Crippen LogP contribution >= 0.6 is 23.1 Å². The van der Waals surface area contributed by atoms with Crippen LogP contribution in [0.1, 0.15) is 4.88 Å². The summed E-state index contributed by atoms with van der Waals surface area (Å²) in [5.74, 6) is 0.441. The Labute approximate surface area is 120 Å². The van der Waals surface area contributed by atoms with Crippen molar-refractivity contribution < 1.29 is 14.6 Å². The predicted molar refractivity (Wildman–Crippen MR) is 76.1 cm³/mol. The quantitative estimate of drug-likeness (QED) is 0.483. The van der Waals surface area contributed by atoms with Gasteiger partial charge in [0.05, 0.1) is 19.3 Å². The van der Waals surface area contributed by atoms with Gasteiger partial charge in [-0.15, -0.1) is 11.3 Å². The van der Waals surface area contributed by atoms with Crippen molar-refractivity contribution in [3.63, 3.8) is 0 Å². The van der Waals surface area contributed by atoms with Gasteiger partial charge >= 0.3 is 0 Å². The zero-order chi connectivity index (χ0) is 13.5. The molecule has 2 aromatic rings. The van der Waals surface area contributed by atoms with E-state index in [2.05, 4.69) is 0 Å². The molecule has 2 heterocycles. The van der Waals surface area contributed by atoms with Gasteiger partial charge in [-0.1, -0.05) is 17.8 Å². The lowest BCUT2D eigenvalue weighted by molar-refractivity contribution is -0.645. The normalized spacial score (nSPS) is 12.5. The van der Waals surface area contributed by atoms with E-state index in [1.54, 1.807) is 29.5 Å². The maximum atomic E-state index is 11.4. The van der Waals surface area contributed by atoms with Crippen molar-refractivity contribution in [3.8, 4) is 0 Å². The first kappa shape index (κ1) is 14.3. The molecule has 0 aliphatic carbocycles. The van der Waals surface area contributed by atoms with Crippen LogP contribution in [0.2, 0.25) is 0 Å². The smallest absolute Gasteiger partial charge is 0.251 e. The van der Waals surface area contributed by atoms with E-state index in [4.69, 9.17) is 4.74 Å². The average molecular weight is 297 g/mol. The molecule has 0 bridgehead atoms. The van der Waals surface area contributed by atoms with Crippen molar-refractivity contribution in [1.29, 1.82) is 0 Å². The van der Waals surface area contributed by atoms with E-state index in [9.17, 15) is 10.3 Å². The molecule has 0 fully saturated rings. The van der Waals surface area contributed by atoms with Crippen molar-refractivity contribution >= 4 is 23.1 Å². The van der Waals surface area contributed by atoms with Crippen LogP contribution < -0.4 is 4.73 Å². The van der Waals surface area contributed by atoms with Crippen LogP contribution in [0.15, 0.2) is 46.9 Å². The molecule has 1 N–H and O–H groups in total. The summed E-state index contributed by atoms with van der Waals surface area (Å²) in [4.78, 5) is 1.14. The molecule has 1 atom stereocenters. The van der Waals surface area contributed by atoms with Crippen molar-refractivity contribution in [2.45, 2.75) is 17.7 Å². The Balaban J connectivity index is 1.67. The maximum Gasteiger partial charge on any atom is 0.251 e. The van der Waals surface area contributed by atoms with Crippen molar-refractivity contribution in [2.24, 2.45) is 0 Å². The first-order valence-electron chi connectivity index (χ1n) is 5.85. The number of aliphatic hydroxyl groups is 1. The van der Waals surface area contributed by atoms with Gasteiger partial charge in [0.1, 0.15) is 0 Å². The van der Waals surface area contributed by atoms with E-state index in [1.165, 1.54) is 18.0 Å². The fourth-order valence-electron chi connectivity index (χ4n) is 1.44. The van der Waals surface area contributed by atoms with Crippen LogP contribution in [0.3, 0.4) is 0 Å². The van der Waals surface area contributed by atoms with Gasteiger partial charge in [-0.2, -0.15) is 4.73 Å². The van der Waals surface area contributed by atoms with E-state index >= 15 is 0 Å². The monoisotopic (exact) mass is 297 g/mol. The molecule has 1 unspecified atom stereocenters. The number of hydrogen-bond donors (Lipinski definition) is 1. The van der Waals surface area contributed by atoms with Gasteiger partial charge in [0.2, 0.25) is 0 Å². The average Bonchev–Trinajstić information content (AvgIpc) is 2.91. The minimum atomic E-state index is -0.579. The minimum Gasteiger partial charge on any atom is -0.618 e. The minimum absolute atomic E-state index is 0.274. The molecule has 0 spiro atoms. The topological polar surface area (TPSA) is 56.4 Å². The summed E-state index contributed by atoms with van der Waals surface area (Å²) in [6.07, 6.45) is 0.868. The molecule has 0 saturated carbocycles. The Morgan fingerprint density at radius 3 is 3.00 bits per heavy atom. The molecule has 0 saturated heterocycles. The Hall–Kier alpha value is -1.08. The molecule has 0 aliphatic heterocycles. The fraction of sp³-hybridized carbons (Fsp3) is 0.308. The fourth-order valence-corrected chi connectivity index (χ4v) is 2.91. The molecule has 0 aliphatic rings. The van der Waals surface area contributed by atoms with Gasteiger partial charge < -0.3 is 15.1 Å². The lowest BCUT2D eigenvalue weighted by Gasteiger charge is -2.10. The van der Waals surface area contributed by atoms with Crippen LogP contribution in [0.5, 0.6) is 0 Å². The number of aromatic nitrogens is 1. The van der Waals surface area contributed by atoms with Gasteiger partial charge in [0.15, 0.2) is 6.20 Å². The number of rotatable bonds is 7. The molecular weight excluding hydrogens is 282 g/mol. The van der Waals surface area contributed by atoms with E-state index < -0.39 is 6.10 Å². The van der Waals surface area contributed by atoms with E-state index in [-0.39, 0.29) is 6.61 Å². The standard InChI is InChI=1S/C13H15NO3S2/c15-11(8-17-9-12-4-3-7-18-12)10-19-13-5-1-2-6-14(13)16/h1-7,11,15H,8-10H2. The number of thiophene rings is 1. The molecule has 0 amide bonds. The number of hydrogen-bond acceptors (Lipinski definition) is 5. The maximum absolute atomic E-state index is 11.4. The van der Waals surface area contributed by atoms with Gasteiger partial charge in [0, 0.05) is 22.8 Å². The third kappa shape index (κ3) is 4.83. The van der Waals surface area contributed by atoms with Crippen molar-refractivity contribution in [3.05, 3.63) is 52.0 Å². The van der Waals surface area contributed by atoms with E-state index in [0.29, 0.717) is 17.4 Å². The Morgan fingerprint density at radius 2 is 2.26 bits per heavy atom. The van der Waals surface area contributed by atoms with Gasteiger partial charge in [-0.3, -0.25) is 0 Å². The molecule has 102 valence electrons. The second-order valence-electron chi connectivity index (χ2n) is 3.92. The highest BCUT2D eigenvalue weighted by Gasteiger charge is 2.10. The van der Waals surface area contributed by atoms with E-state index in [1.807, 2.05) is 17.5 Å². The van der Waals surface area contributed by atoms with Crippen LogP contribution in [0.4, 0.5) is 0 Å². The van der Waals surface area contributed by atoms with Crippen LogP contribution in [0, 0.1) is 5.21 Å². The number of thioether (sulfide) groups is 1. The summed E-state index contributed by atoms with van der Waals surface area (Å²) in [5.41, 5.74) is 0. The first-order chi connectivity index (χ1) is 9.25. The lowest BCUT2D eigenvalue weighted by Crippen LogP contribution is -2.28. The Morgan fingerprint density at radius 1 is 1.37 bits per heavy atom. The molecular formula is C13H15NO3S2. The highest BCUT2D eigenvalue weighted by atomic mass is 32.2. The highest BCUT2D eigenvalue weighted by molar-refractivity contribution is 7.99. The lowest BCUT2D eigenvalue weighted by atomic mass is 10.4. The summed E-state index contributed by atoms with van der Waals surface area (Å²) in [5, 5.41) is 23.7. The Kier molecular flexibility index (Phi) is 5.65. The molecule has 0 radical (unpaired) electrons. The number of pyridine rings is 1. The largest absolute Gasteiger partial charge is 0.618 e. The zero-order valence-electron chi connectivity index (χ0n) is 10.3. The van der Waals surface area contributed by atoms with Gasteiger partial charge in [-0.25, -0.2) is 0 Å². The molecule has 6 heteroatoms. The Bertz CT molecular complexity index is 490. The predicted octanol–water partition coefficient (Wildman–Crippen LogP) is 2.05. The van der Waals surface area contributed by atoms with E-state index in [0.717, 1.165) is 9.61 Å². The van der Waals surface area contributed by atoms with Gasteiger partial charge in [0.25, 0.3) is 5.03 Å². The highest BCUT2D eigenvalue weighted by Crippen LogP contribution is 2.14. The summed E-state index contributed by atoms with van der Waals surface area (Å²) in [6, 6.07) is 9.18. The second kappa shape index (κ2) is 7.49. The SMILES string of the molecule is [O-][n+]1ccccc1SCC(O)COCc1cccs1. The molecule has 19 heavy (non-hydrogen) atoms. The van der Waals surface area contributed by atoms with Crippen LogP contribution in [-0.2, 0) is 11.3 Å². The first-order valence-corrected chi connectivity index (χ1v) is 7.71. The van der Waals surface area contributed by atoms with Crippen LogP contribution in [-0.4, -0.2) is 23.6 Å². The second-order valence-corrected chi connectivity index (χ2v) is 6.00. The molecule has 2 rings (SSSR count). The summed E-state index contributed by atoms with van der Waals surface area (Å²) < 4.78 is 6.22. The molecule has 0 aromatic carbocycles. The van der Waals surface area contributed by atoms with Crippen molar-refractivity contribution in [2.75, 3.05) is 12.4 Å². The third-order valence-corrected chi connectivity index (χ3v) is 4.36. The number of aliphatic hydroxyl groups excluding tert-OH is 1. The zero-order valence-corrected chi connectivity index (χ0v) is 11.9. The van der Waals surface area contributed by atoms with Gasteiger partial charge in [-0.05, 0) is 17.5 Å². The summed E-state index contributed by atoms with van der Waals surface area (Å²) in [7, 11) is 0. The number of nitrogens with zero attached hydrogens (tertiary/aromatic N) is 1. The van der Waals surface area contributed by atoms with Crippen molar-refractivity contribution in [1.82, 2.24) is 0 Å². The third-order valence-electron chi connectivity index (χ3n) is 2.35. The molecule has 2 aromatic heterocycles. The molecule has 4 nitrogen and oxygen atoms in total. The summed E-state index contributed by atoms with van der Waals surface area (Å²) in [6.45, 7) is 0.795. The number of ether oxygens (including phenoxy) is 1.